The van der Waals surface area contributed by atoms with Gasteiger partial charge in [0.25, 0.3) is 0 Å². The monoisotopic (exact) mass is 507 g/mol. The second kappa shape index (κ2) is 9.05. The minimum absolute atomic E-state index is 0. The van der Waals surface area contributed by atoms with E-state index >= 15 is 0 Å². The van der Waals surface area contributed by atoms with E-state index in [1.54, 1.807) is 36.1 Å². The topological polar surface area (TPSA) is 0 Å². The minimum Gasteiger partial charge on any atom is -1.00 e. The standard InChI is InChI=1S/2C6H7.C5H11Si.2ClH.Hf/c2*1-6-4-2-3-5-6;1-2-4-6-5-3-1;;;/h2*2,4H,3H2,1H3;6H,1-5H2;2*1H;/q;;;;;+2/p-2. The van der Waals surface area contributed by atoms with Crippen molar-refractivity contribution in [1.29, 1.82) is 0 Å². The first-order chi connectivity index (χ1) is 9.27. The molecule has 0 aromatic rings. The number of allylic oxidation sites excluding steroid dienone is 8. The Morgan fingerprint density at radius 2 is 1.29 bits per heavy atom. The van der Waals surface area contributed by atoms with Gasteiger partial charge in [-0.2, -0.15) is 0 Å². The third kappa shape index (κ3) is 4.34. The average Bonchev–Trinajstić information content (AvgIpc) is 3.02. The molecule has 1 aliphatic heterocycles. The van der Waals surface area contributed by atoms with Gasteiger partial charge < -0.3 is 24.8 Å². The minimum atomic E-state index is -1.64. The number of rotatable bonds is 3. The van der Waals surface area contributed by atoms with Crippen molar-refractivity contribution in [2.24, 2.45) is 0 Å². The Kier molecular flexibility index (Phi) is 8.48. The van der Waals surface area contributed by atoms with Crippen molar-refractivity contribution < 1.29 is 45.4 Å². The smallest absolute Gasteiger partial charge is 1.00 e. The van der Waals surface area contributed by atoms with Crippen LogP contribution in [0.3, 0.4) is 0 Å². The summed E-state index contributed by atoms with van der Waals surface area (Å²) in [6.45, 7) is 4.78. The van der Waals surface area contributed by atoms with Gasteiger partial charge in [-0.15, -0.1) is 0 Å². The van der Waals surface area contributed by atoms with Gasteiger partial charge in [0.05, 0.1) is 0 Å². The molecular formula is C17H25Cl2HfSi. The van der Waals surface area contributed by atoms with E-state index in [9.17, 15) is 0 Å². The fraction of sp³-hybridized carbons (Fsp3) is 0.529. The van der Waals surface area contributed by atoms with Crippen molar-refractivity contribution in [2.75, 3.05) is 0 Å². The fourth-order valence-corrected chi connectivity index (χ4v) is 41.6. The van der Waals surface area contributed by atoms with Crippen LogP contribution >= 0.6 is 0 Å². The van der Waals surface area contributed by atoms with Crippen LogP contribution in [0.25, 0.3) is 0 Å². The summed E-state index contributed by atoms with van der Waals surface area (Å²) in [6, 6.07) is 3.35. The first kappa shape index (κ1) is 19.7. The van der Waals surface area contributed by atoms with Gasteiger partial charge in [-0.3, -0.25) is 0 Å². The molecule has 0 unspecified atom stereocenters. The molecule has 1 fully saturated rings. The Hall–Kier alpha value is 0.627. The van der Waals surface area contributed by atoms with Crippen LogP contribution in [0.15, 0.2) is 42.1 Å². The van der Waals surface area contributed by atoms with E-state index in [1.165, 1.54) is 19.3 Å². The Morgan fingerprint density at radius 3 is 1.67 bits per heavy atom. The number of hydrogen-bond donors (Lipinski definition) is 0. The van der Waals surface area contributed by atoms with Crippen LogP contribution in [0.2, 0.25) is 12.1 Å². The molecular weight excluding hydrogens is 482 g/mol. The van der Waals surface area contributed by atoms with E-state index in [0.29, 0.717) is 0 Å². The summed E-state index contributed by atoms with van der Waals surface area (Å²) in [7, 11) is 0. The molecule has 0 spiro atoms. The van der Waals surface area contributed by atoms with E-state index < -0.39 is 26.6 Å². The number of hydrogen-bond acceptors (Lipinski definition) is 0. The largest absolute Gasteiger partial charge is 1.00 e. The van der Waals surface area contributed by atoms with Crippen molar-refractivity contribution in [2.45, 2.75) is 58.0 Å². The second-order valence-corrected chi connectivity index (χ2v) is 29.7. The zero-order chi connectivity index (χ0) is 13.2. The maximum atomic E-state index is 2.44. The van der Waals surface area contributed by atoms with Crippen molar-refractivity contribution in [1.82, 2.24) is 0 Å². The molecule has 0 bridgehead atoms. The maximum Gasteiger partial charge on any atom is -1.00 e. The SMILES string of the molecule is CC1=[C]([Hf+2]([C]2=C(C)C=CC2)[SiH]2CCCCC2)CC=C1.[Cl-].[Cl-]. The van der Waals surface area contributed by atoms with Gasteiger partial charge in [0.1, 0.15) is 0 Å². The Bertz CT molecular complexity index is 449. The fourth-order valence-electron chi connectivity index (χ4n) is 3.94. The van der Waals surface area contributed by atoms with Crippen LogP contribution in [-0.4, -0.2) is 5.98 Å². The van der Waals surface area contributed by atoms with Crippen LogP contribution in [0.4, 0.5) is 0 Å². The maximum absolute atomic E-state index is 2.44. The molecule has 4 heteroatoms. The van der Waals surface area contributed by atoms with Crippen molar-refractivity contribution in [3.05, 3.63) is 42.1 Å². The molecule has 115 valence electrons. The Morgan fingerprint density at radius 1 is 0.810 bits per heavy atom. The first-order valence-corrected chi connectivity index (χ1v) is 19.9. The van der Waals surface area contributed by atoms with Crippen molar-refractivity contribution in [3.63, 3.8) is 0 Å². The zero-order valence-electron chi connectivity index (χ0n) is 13.1. The summed E-state index contributed by atoms with van der Waals surface area (Å²) in [4.78, 5) is 0. The van der Waals surface area contributed by atoms with E-state index in [4.69, 9.17) is 0 Å². The summed E-state index contributed by atoms with van der Waals surface area (Å²) < 4.78 is 4.00. The van der Waals surface area contributed by atoms with E-state index in [-0.39, 0.29) is 24.8 Å². The van der Waals surface area contributed by atoms with Crippen LogP contribution in [0.5, 0.6) is 0 Å². The number of halogens is 2. The van der Waals surface area contributed by atoms with Crippen molar-refractivity contribution in [3.8, 4) is 0 Å². The average molecular weight is 507 g/mol. The molecule has 3 aliphatic rings. The van der Waals surface area contributed by atoms with Crippen molar-refractivity contribution >= 4 is 5.98 Å². The van der Waals surface area contributed by atoms with Crippen LogP contribution in [0.1, 0.15) is 46.0 Å². The molecule has 1 heterocycles. The normalized spacial score (nSPS) is 21.6. The molecule has 3 rings (SSSR count). The molecule has 0 atom stereocenters. The van der Waals surface area contributed by atoms with E-state index in [2.05, 4.69) is 38.2 Å². The van der Waals surface area contributed by atoms with Gasteiger partial charge in [0.15, 0.2) is 0 Å². The third-order valence-electron chi connectivity index (χ3n) is 5.00. The quantitative estimate of drug-likeness (QED) is 0.431. The Balaban J connectivity index is 0.00000110. The molecule has 0 nitrogen and oxygen atoms in total. The predicted molar refractivity (Wildman–Crippen MR) is 83.5 cm³/mol. The first-order valence-electron chi connectivity index (χ1n) is 7.87. The van der Waals surface area contributed by atoms with E-state index in [1.807, 2.05) is 6.66 Å². The molecule has 0 aromatic heterocycles. The van der Waals surface area contributed by atoms with Gasteiger partial charge in [-0.1, -0.05) is 0 Å². The Labute approximate surface area is 150 Å². The van der Waals surface area contributed by atoms with Gasteiger partial charge in [0.2, 0.25) is 0 Å². The molecule has 0 saturated carbocycles. The summed E-state index contributed by atoms with van der Waals surface area (Å²) in [5, 5.41) is 0. The van der Waals surface area contributed by atoms with Gasteiger partial charge in [-0.25, -0.2) is 0 Å². The summed E-state index contributed by atoms with van der Waals surface area (Å²) in [5.74, 6) is -0.407. The molecule has 0 N–H and O–H groups in total. The van der Waals surface area contributed by atoms with E-state index in [0.717, 1.165) is 0 Å². The third-order valence-corrected chi connectivity index (χ3v) is 37.7. The summed E-state index contributed by atoms with van der Waals surface area (Å²) in [5.41, 5.74) is 3.35. The summed E-state index contributed by atoms with van der Waals surface area (Å²) >= 11 is -1.64. The van der Waals surface area contributed by atoms with Crippen LogP contribution in [0, 0.1) is 0 Å². The molecule has 2 aliphatic carbocycles. The second-order valence-electron chi connectivity index (χ2n) is 6.28. The van der Waals surface area contributed by atoms with Crippen LogP contribution in [-0.2, 0) is 20.6 Å². The zero-order valence-corrected chi connectivity index (χ0v) is 19.4. The molecule has 0 radical (unpaired) electrons. The van der Waals surface area contributed by atoms with Gasteiger partial charge >= 0.3 is 127 Å². The molecule has 1 saturated heterocycles. The molecule has 0 amide bonds. The molecule has 21 heavy (non-hydrogen) atoms. The van der Waals surface area contributed by atoms with Crippen LogP contribution < -0.4 is 24.8 Å². The predicted octanol–water partition coefficient (Wildman–Crippen LogP) is -1.01. The van der Waals surface area contributed by atoms with Gasteiger partial charge in [-0.05, 0) is 0 Å². The van der Waals surface area contributed by atoms with Gasteiger partial charge in [0, 0.05) is 0 Å². The summed E-state index contributed by atoms with van der Waals surface area (Å²) in [6.07, 6.45) is 17.0. The molecule has 0 aromatic carbocycles.